The Morgan fingerprint density at radius 1 is 1.14 bits per heavy atom. The topological polar surface area (TPSA) is 71.0 Å². The number of benzene rings is 2. The highest BCUT2D eigenvalue weighted by Crippen LogP contribution is 2.36. The van der Waals surface area contributed by atoms with Crippen LogP contribution in [0.5, 0.6) is 0 Å². The molecule has 0 radical (unpaired) electrons. The number of nitrogens with one attached hydrogen (secondary N) is 3. The van der Waals surface area contributed by atoms with Gasteiger partial charge >= 0.3 is 0 Å². The summed E-state index contributed by atoms with van der Waals surface area (Å²) in [5, 5.41) is 10.4. The molecule has 0 aliphatic heterocycles. The van der Waals surface area contributed by atoms with Crippen LogP contribution in [0.1, 0.15) is 68.3 Å². The van der Waals surface area contributed by atoms with Gasteiger partial charge in [-0.05, 0) is 55.2 Å². The predicted octanol–water partition coefficient (Wildman–Crippen LogP) is 6.50. The summed E-state index contributed by atoms with van der Waals surface area (Å²) in [7, 11) is 1.94. The first-order valence-electron chi connectivity index (χ1n) is 12.4. The molecule has 3 N–H and O–H groups in total. The Morgan fingerprint density at radius 3 is 2.66 bits per heavy atom. The molecule has 1 aliphatic carbocycles. The van der Waals surface area contributed by atoms with Crippen LogP contribution in [0, 0.1) is 5.41 Å². The minimum atomic E-state index is -0.0860. The van der Waals surface area contributed by atoms with E-state index in [1.807, 2.05) is 54.9 Å². The van der Waals surface area contributed by atoms with Crippen LogP contribution in [0.4, 0.5) is 11.6 Å². The standard InChI is InChI=1S/C27H34ClN5OS/c1-4-14-29-24(34)19-9-11-23-22(16-19)32-26(33(23)3)31-21-15-18(8-10-20(21)28)17-30-25(35)27(2)12-6-5-7-13-27/h8-11,15-16H,4-7,12-14,17H2,1-3H3,(H,29,34)(H,30,35)(H,31,32). The van der Waals surface area contributed by atoms with Gasteiger partial charge in [-0.1, -0.05) is 63.0 Å². The number of rotatable bonds is 8. The molecule has 186 valence electrons. The molecule has 35 heavy (non-hydrogen) atoms. The molecule has 1 saturated carbocycles. The van der Waals surface area contributed by atoms with Crippen molar-refractivity contribution in [3.05, 3.63) is 52.5 Å². The largest absolute Gasteiger partial charge is 0.375 e. The Kier molecular flexibility index (Phi) is 7.97. The summed E-state index contributed by atoms with van der Waals surface area (Å²) < 4.78 is 1.96. The third-order valence-corrected chi connectivity index (χ3v) is 7.88. The maximum atomic E-state index is 12.3. The SMILES string of the molecule is CCCNC(=O)c1ccc2c(c1)nc(Nc1cc(CNC(=S)C3(C)CCCCC3)ccc1Cl)n2C. The van der Waals surface area contributed by atoms with E-state index >= 15 is 0 Å². The van der Waals surface area contributed by atoms with Crippen LogP contribution in [-0.4, -0.2) is 27.0 Å². The lowest BCUT2D eigenvalue weighted by molar-refractivity contribution is 0.0954. The van der Waals surface area contributed by atoms with Gasteiger partial charge in [-0.3, -0.25) is 4.79 Å². The quantitative estimate of drug-likeness (QED) is 0.301. The third-order valence-electron chi connectivity index (χ3n) is 6.91. The van der Waals surface area contributed by atoms with Crippen molar-refractivity contribution in [1.29, 1.82) is 0 Å². The molecule has 0 spiro atoms. The highest BCUT2D eigenvalue weighted by atomic mass is 35.5. The zero-order valence-corrected chi connectivity index (χ0v) is 22.3. The number of aromatic nitrogens is 2. The predicted molar refractivity (Wildman–Crippen MR) is 149 cm³/mol. The molecule has 6 nitrogen and oxygen atoms in total. The van der Waals surface area contributed by atoms with Gasteiger partial charge in [0.05, 0.1) is 26.7 Å². The summed E-state index contributed by atoms with van der Waals surface area (Å²) in [5.74, 6) is 0.570. The molecule has 1 heterocycles. The Hall–Kier alpha value is -2.64. The molecule has 1 amide bonds. The number of anilines is 2. The first-order chi connectivity index (χ1) is 16.8. The van der Waals surface area contributed by atoms with E-state index in [1.165, 1.54) is 19.3 Å². The average molecular weight is 512 g/mol. The fourth-order valence-electron chi connectivity index (χ4n) is 4.65. The van der Waals surface area contributed by atoms with Gasteiger partial charge in [-0.2, -0.15) is 0 Å². The molecule has 4 rings (SSSR count). The number of halogens is 1. The van der Waals surface area contributed by atoms with Crippen molar-refractivity contribution >= 4 is 57.4 Å². The number of amides is 1. The van der Waals surface area contributed by atoms with Gasteiger partial charge in [0.2, 0.25) is 5.95 Å². The Labute approximate surface area is 217 Å². The monoisotopic (exact) mass is 511 g/mol. The summed E-state index contributed by atoms with van der Waals surface area (Å²) in [4.78, 5) is 18.0. The van der Waals surface area contributed by atoms with E-state index < -0.39 is 0 Å². The number of hydrogen-bond acceptors (Lipinski definition) is 4. The summed E-state index contributed by atoms with van der Waals surface area (Å²) in [6.45, 7) is 5.61. The van der Waals surface area contributed by atoms with Crippen LogP contribution in [0.2, 0.25) is 5.02 Å². The summed E-state index contributed by atoms with van der Waals surface area (Å²) in [5.41, 5.74) is 4.25. The van der Waals surface area contributed by atoms with Crippen molar-refractivity contribution in [3.63, 3.8) is 0 Å². The molecular weight excluding hydrogens is 478 g/mol. The van der Waals surface area contributed by atoms with Crippen molar-refractivity contribution in [2.75, 3.05) is 11.9 Å². The molecular formula is C27H34ClN5OS. The van der Waals surface area contributed by atoms with Crippen LogP contribution < -0.4 is 16.0 Å². The fraction of sp³-hybridized carbons (Fsp3) is 0.444. The minimum absolute atomic E-state index is 0.0860. The molecule has 0 atom stereocenters. The molecule has 1 fully saturated rings. The number of fused-ring (bicyclic) bond motifs is 1. The Balaban J connectivity index is 1.49. The van der Waals surface area contributed by atoms with Crippen molar-refractivity contribution in [2.24, 2.45) is 12.5 Å². The molecule has 1 aromatic heterocycles. The van der Waals surface area contributed by atoms with Crippen molar-refractivity contribution in [2.45, 2.75) is 58.9 Å². The number of nitrogens with zero attached hydrogens (tertiary/aromatic N) is 2. The lowest BCUT2D eigenvalue weighted by atomic mass is 9.75. The average Bonchev–Trinajstić information content (AvgIpc) is 3.17. The second-order valence-electron chi connectivity index (χ2n) is 9.70. The number of aryl methyl sites for hydroxylation is 1. The number of carbonyl (C=O) groups excluding carboxylic acids is 1. The smallest absolute Gasteiger partial charge is 0.251 e. The van der Waals surface area contributed by atoms with Gasteiger partial charge in [0, 0.05) is 31.1 Å². The zero-order chi connectivity index (χ0) is 25.0. The van der Waals surface area contributed by atoms with E-state index in [4.69, 9.17) is 28.8 Å². The lowest BCUT2D eigenvalue weighted by Gasteiger charge is -2.34. The van der Waals surface area contributed by atoms with Gasteiger partial charge in [-0.15, -0.1) is 0 Å². The van der Waals surface area contributed by atoms with Gasteiger partial charge in [-0.25, -0.2) is 4.98 Å². The lowest BCUT2D eigenvalue weighted by Crippen LogP contribution is -2.38. The highest BCUT2D eigenvalue weighted by molar-refractivity contribution is 7.80. The molecule has 8 heteroatoms. The molecule has 0 saturated heterocycles. The number of hydrogen-bond donors (Lipinski definition) is 3. The molecule has 1 aliphatic rings. The first kappa shape index (κ1) is 25.5. The van der Waals surface area contributed by atoms with Gasteiger partial charge in [0.15, 0.2) is 0 Å². The van der Waals surface area contributed by atoms with Crippen LogP contribution in [-0.2, 0) is 13.6 Å². The molecule has 2 aromatic carbocycles. The molecule has 0 bridgehead atoms. The van der Waals surface area contributed by atoms with E-state index in [0.717, 1.165) is 46.5 Å². The van der Waals surface area contributed by atoms with E-state index in [9.17, 15) is 4.79 Å². The van der Waals surface area contributed by atoms with E-state index in [0.29, 0.717) is 29.6 Å². The second-order valence-corrected chi connectivity index (χ2v) is 10.5. The number of carbonyl (C=O) groups is 1. The Morgan fingerprint density at radius 2 is 1.91 bits per heavy atom. The molecule has 3 aromatic rings. The van der Waals surface area contributed by atoms with Crippen molar-refractivity contribution < 1.29 is 4.79 Å². The maximum Gasteiger partial charge on any atom is 0.251 e. The normalized spacial score (nSPS) is 15.1. The zero-order valence-electron chi connectivity index (χ0n) is 20.7. The van der Waals surface area contributed by atoms with Crippen molar-refractivity contribution in [3.8, 4) is 0 Å². The summed E-state index contributed by atoms with van der Waals surface area (Å²) >= 11 is 12.3. The minimum Gasteiger partial charge on any atom is -0.375 e. The number of imidazole rings is 1. The summed E-state index contributed by atoms with van der Waals surface area (Å²) in [6.07, 6.45) is 7.00. The van der Waals surface area contributed by atoms with Gasteiger partial charge in [0.25, 0.3) is 5.91 Å². The van der Waals surface area contributed by atoms with Gasteiger partial charge in [0.1, 0.15) is 0 Å². The second kappa shape index (κ2) is 11.0. The van der Waals surface area contributed by atoms with E-state index in [1.54, 1.807) is 0 Å². The van der Waals surface area contributed by atoms with Crippen molar-refractivity contribution in [1.82, 2.24) is 20.2 Å². The summed E-state index contributed by atoms with van der Waals surface area (Å²) in [6, 6.07) is 11.5. The molecule has 0 unspecified atom stereocenters. The van der Waals surface area contributed by atoms with E-state index in [-0.39, 0.29) is 11.3 Å². The third kappa shape index (κ3) is 5.78. The van der Waals surface area contributed by atoms with Crippen LogP contribution >= 0.6 is 23.8 Å². The highest BCUT2D eigenvalue weighted by Gasteiger charge is 2.31. The van der Waals surface area contributed by atoms with Crippen LogP contribution in [0.25, 0.3) is 11.0 Å². The van der Waals surface area contributed by atoms with E-state index in [2.05, 4.69) is 22.9 Å². The fourth-order valence-corrected chi connectivity index (χ4v) is 5.09. The maximum absolute atomic E-state index is 12.3. The number of thiocarbonyl (C=S) groups is 1. The Bertz CT molecular complexity index is 1230. The first-order valence-corrected chi connectivity index (χ1v) is 13.2. The van der Waals surface area contributed by atoms with Crippen LogP contribution in [0.3, 0.4) is 0 Å². The van der Waals surface area contributed by atoms with Crippen LogP contribution in [0.15, 0.2) is 36.4 Å². The van der Waals surface area contributed by atoms with Gasteiger partial charge < -0.3 is 20.5 Å².